The molecule has 0 unspecified atom stereocenters. The normalized spacial score (nSPS) is 20.4. The van der Waals surface area contributed by atoms with E-state index in [1.165, 1.54) is 16.4 Å². The van der Waals surface area contributed by atoms with E-state index in [0.29, 0.717) is 19.6 Å². The average molecular weight is 352 g/mol. The van der Waals surface area contributed by atoms with E-state index >= 15 is 0 Å². The largest absolute Gasteiger partial charge is 0.573 e. The van der Waals surface area contributed by atoms with Gasteiger partial charge in [0.05, 0.1) is 4.90 Å². The summed E-state index contributed by atoms with van der Waals surface area (Å²) < 4.78 is 67.2. The molecule has 0 aliphatic carbocycles. The van der Waals surface area contributed by atoms with Crippen molar-refractivity contribution in [3.8, 4) is 5.75 Å². The highest BCUT2D eigenvalue weighted by molar-refractivity contribution is 7.89. The monoisotopic (exact) mass is 352 g/mol. The van der Waals surface area contributed by atoms with E-state index < -0.39 is 22.1 Å². The number of rotatable bonds is 5. The molecule has 1 fully saturated rings. The zero-order valence-corrected chi connectivity index (χ0v) is 13.5. The van der Waals surface area contributed by atoms with Gasteiger partial charge in [0.1, 0.15) is 5.75 Å². The third kappa shape index (κ3) is 4.82. The fourth-order valence-corrected chi connectivity index (χ4v) is 4.27. The molecule has 2 rings (SSSR count). The summed E-state index contributed by atoms with van der Waals surface area (Å²) in [6, 6.07) is 4.50. The summed E-state index contributed by atoms with van der Waals surface area (Å²) in [6.07, 6.45) is -3.21. The van der Waals surface area contributed by atoms with E-state index in [2.05, 4.69) is 10.1 Å². The van der Waals surface area contributed by atoms with Crippen LogP contribution in [0.1, 0.15) is 12.8 Å². The van der Waals surface area contributed by atoms with Crippen molar-refractivity contribution in [3.05, 3.63) is 24.3 Å². The Kier molecular flexibility index (Phi) is 5.53. The van der Waals surface area contributed by atoms with Crippen molar-refractivity contribution in [3.63, 3.8) is 0 Å². The lowest BCUT2D eigenvalue weighted by Gasteiger charge is -2.31. The number of hydrogen-bond acceptors (Lipinski definition) is 4. The van der Waals surface area contributed by atoms with Crippen LogP contribution in [-0.4, -0.2) is 45.8 Å². The highest BCUT2D eigenvalue weighted by atomic mass is 32.2. The molecule has 1 heterocycles. The summed E-state index contributed by atoms with van der Waals surface area (Å²) in [7, 11) is -2.04. The third-order valence-electron chi connectivity index (χ3n) is 3.65. The predicted molar refractivity (Wildman–Crippen MR) is 78.5 cm³/mol. The summed E-state index contributed by atoms with van der Waals surface area (Å²) in [5.74, 6) is -0.347. The Morgan fingerprint density at radius 3 is 2.78 bits per heavy atom. The molecule has 1 saturated heterocycles. The van der Waals surface area contributed by atoms with Gasteiger partial charge in [0.2, 0.25) is 10.0 Å². The van der Waals surface area contributed by atoms with Gasteiger partial charge in [-0.2, -0.15) is 4.31 Å². The number of benzene rings is 1. The topological polar surface area (TPSA) is 58.6 Å². The van der Waals surface area contributed by atoms with Crippen molar-refractivity contribution in [1.82, 2.24) is 9.62 Å². The maximum Gasteiger partial charge on any atom is 0.573 e. The van der Waals surface area contributed by atoms with Crippen LogP contribution < -0.4 is 10.1 Å². The minimum atomic E-state index is -4.86. The second kappa shape index (κ2) is 7.06. The highest BCUT2D eigenvalue weighted by Gasteiger charge is 2.33. The summed E-state index contributed by atoms with van der Waals surface area (Å²) in [4.78, 5) is -0.190. The number of piperidine rings is 1. The zero-order chi connectivity index (χ0) is 17.1. The Morgan fingerprint density at radius 1 is 1.39 bits per heavy atom. The molecule has 1 N–H and O–H groups in total. The molecule has 1 aromatic rings. The maximum absolute atomic E-state index is 12.6. The molecular formula is C14H19F3N2O3S. The smallest absolute Gasteiger partial charge is 0.406 e. The van der Waals surface area contributed by atoms with Gasteiger partial charge in [0.25, 0.3) is 0 Å². The highest BCUT2D eigenvalue weighted by Crippen LogP contribution is 2.28. The molecule has 0 bridgehead atoms. The van der Waals surface area contributed by atoms with E-state index in [-0.39, 0.29) is 10.8 Å². The van der Waals surface area contributed by atoms with Gasteiger partial charge in [-0.3, -0.25) is 0 Å². The van der Waals surface area contributed by atoms with Crippen LogP contribution in [-0.2, 0) is 10.0 Å². The van der Waals surface area contributed by atoms with Crippen molar-refractivity contribution < 1.29 is 26.3 Å². The fraction of sp³-hybridized carbons (Fsp3) is 0.571. The lowest BCUT2D eigenvalue weighted by molar-refractivity contribution is -0.274. The van der Waals surface area contributed by atoms with Gasteiger partial charge >= 0.3 is 6.36 Å². The minimum Gasteiger partial charge on any atom is -0.406 e. The van der Waals surface area contributed by atoms with E-state index in [1.807, 2.05) is 0 Å². The first-order chi connectivity index (χ1) is 10.7. The van der Waals surface area contributed by atoms with Crippen LogP contribution in [0.4, 0.5) is 13.2 Å². The van der Waals surface area contributed by atoms with Gasteiger partial charge in [-0.15, -0.1) is 13.2 Å². The number of ether oxygens (including phenoxy) is 1. The van der Waals surface area contributed by atoms with Crippen LogP contribution in [0, 0.1) is 5.92 Å². The third-order valence-corrected chi connectivity index (χ3v) is 5.51. The molecule has 1 atom stereocenters. The van der Waals surface area contributed by atoms with Crippen LogP contribution in [0.15, 0.2) is 29.2 Å². The van der Waals surface area contributed by atoms with E-state index in [9.17, 15) is 21.6 Å². The number of hydrogen-bond donors (Lipinski definition) is 1. The lowest BCUT2D eigenvalue weighted by Crippen LogP contribution is -2.42. The molecule has 0 aromatic heterocycles. The molecule has 0 spiro atoms. The van der Waals surface area contributed by atoms with Gasteiger partial charge in [0, 0.05) is 19.2 Å². The van der Waals surface area contributed by atoms with Gasteiger partial charge in [-0.1, -0.05) is 6.07 Å². The number of nitrogens with one attached hydrogen (secondary N) is 1. The van der Waals surface area contributed by atoms with Crippen LogP contribution in [0.25, 0.3) is 0 Å². The molecule has 5 nitrogen and oxygen atoms in total. The van der Waals surface area contributed by atoms with E-state index in [1.54, 1.807) is 7.05 Å². The maximum atomic E-state index is 12.6. The SMILES string of the molecule is CNC[C@H]1CCCN(S(=O)(=O)c2cccc(OC(F)(F)F)c2)C1. The lowest BCUT2D eigenvalue weighted by atomic mass is 10.00. The van der Waals surface area contributed by atoms with Crippen molar-refractivity contribution in [2.24, 2.45) is 5.92 Å². The number of halogens is 3. The Bertz CT molecular complexity index is 632. The van der Waals surface area contributed by atoms with Gasteiger partial charge < -0.3 is 10.1 Å². The molecule has 1 aliphatic rings. The summed E-state index contributed by atoms with van der Waals surface area (Å²) in [5, 5.41) is 3.02. The molecule has 1 aliphatic heterocycles. The molecule has 9 heteroatoms. The Morgan fingerprint density at radius 2 is 2.13 bits per heavy atom. The quantitative estimate of drug-likeness (QED) is 0.883. The molecule has 23 heavy (non-hydrogen) atoms. The number of sulfonamides is 1. The van der Waals surface area contributed by atoms with Crippen molar-refractivity contribution in [1.29, 1.82) is 0 Å². The van der Waals surface area contributed by atoms with Crippen LogP contribution in [0.3, 0.4) is 0 Å². The van der Waals surface area contributed by atoms with Gasteiger partial charge in [-0.05, 0) is 44.5 Å². The molecule has 1 aromatic carbocycles. The standard InChI is InChI=1S/C14H19F3N2O3S/c1-18-9-11-4-3-7-19(10-11)23(20,21)13-6-2-5-12(8-13)22-14(15,16)17/h2,5-6,8,11,18H,3-4,7,9-10H2,1H3/t11-/m1/s1. The van der Waals surface area contributed by atoms with Crippen molar-refractivity contribution in [2.45, 2.75) is 24.1 Å². The summed E-state index contributed by atoms with van der Waals surface area (Å²) in [5.41, 5.74) is 0. The molecular weight excluding hydrogens is 333 g/mol. The van der Waals surface area contributed by atoms with Gasteiger partial charge in [0.15, 0.2) is 0 Å². The molecule has 0 saturated carbocycles. The first kappa shape index (κ1) is 18.0. The van der Waals surface area contributed by atoms with Crippen LogP contribution in [0.5, 0.6) is 5.75 Å². The molecule has 130 valence electrons. The van der Waals surface area contributed by atoms with E-state index in [0.717, 1.165) is 25.0 Å². The van der Waals surface area contributed by atoms with E-state index in [4.69, 9.17) is 0 Å². The fourth-order valence-electron chi connectivity index (χ4n) is 2.68. The second-order valence-corrected chi connectivity index (χ2v) is 7.39. The summed E-state index contributed by atoms with van der Waals surface area (Å²) >= 11 is 0. The Balaban J connectivity index is 2.20. The van der Waals surface area contributed by atoms with Crippen LogP contribution in [0.2, 0.25) is 0 Å². The molecule has 0 amide bonds. The first-order valence-electron chi connectivity index (χ1n) is 7.23. The first-order valence-corrected chi connectivity index (χ1v) is 8.67. The molecule has 0 radical (unpaired) electrons. The minimum absolute atomic E-state index is 0.190. The summed E-state index contributed by atoms with van der Waals surface area (Å²) in [6.45, 7) is 1.42. The van der Waals surface area contributed by atoms with Crippen LogP contribution >= 0.6 is 0 Å². The Labute approximate surface area is 133 Å². The number of nitrogens with zero attached hydrogens (tertiary/aromatic N) is 1. The van der Waals surface area contributed by atoms with Gasteiger partial charge in [-0.25, -0.2) is 8.42 Å². The predicted octanol–water partition coefficient (Wildman–Crippen LogP) is 2.21. The second-order valence-electron chi connectivity index (χ2n) is 5.45. The Hall–Kier alpha value is -1.32. The van der Waals surface area contributed by atoms with Crippen molar-refractivity contribution in [2.75, 3.05) is 26.7 Å². The average Bonchev–Trinajstić information content (AvgIpc) is 2.46. The zero-order valence-electron chi connectivity index (χ0n) is 12.6. The number of alkyl halides is 3. The van der Waals surface area contributed by atoms with Crippen molar-refractivity contribution >= 4 is 10.0 Å².